The Hall–Kier alpha value is -2.37. The van der Waals surface area contributed by atoms with Crippen molar-refractivity contribution >= 4 is 5.95 Å². The molecule has 0 radical (unpaired) electrons. The number of nitrogens with one attached hydrogen (secondary N) is 1. The summed E-state index contributed by atoms with van der Waals surface area (Å²) in [6.45, 7) is 2.72. The molecule has 0 atom stereocenters. The van der Waals surface area contributed by atoms with Crippen LogP contribution in [0, 0.1) is 0 Å². The molecule has 0 aliphatic heterocycles. The van der Waals surface area contributed by atoms with Gasteiger partial charge in [0.05, 0.1) is 13.2 Å². The molecule has 1 aromatic carbocycles. The highest BCUT2D eigenvalue weighted by molar-refractivity contribution is 5.57. The van der Waals surface area contributed by atoms with Gasteiger partial charge in [0.25, 0.3) is 0 Å². The third kappa shape index (κ3) is 3.39. The maximum Gasteiger partial charge on any atom is 0.321 e. The molecular weight excluding hydrogens is 268 g/mol. The zero-order valence-corrected chi connectivity index (χ0v) is 12.2. The van der Waals surface area contributed by atoms with E-state index >= 15 is 0 Å². The Morgan fingerprint density at radius 2 is 1.90 bits per heavy atom. The van der Waals surface area contributed by atoms with Crippen molar-refractivity contribution in [3.8, 4) is 23.1 Å². The zero-order chi connectivity index (χ0) is 14.7. The number of aromatic nitrogens is 3. The van der Waals surface area contributed by atoms with Crippen molar-refractivity contribution in [1.82, 2.24) is 15.0 Å². The van der Waals surface area contributed by atoms with Crippen molar-refractivity contribution in [2.45, 2.75) is 25.9 Å². The Morgan fingerprint density at radius 3 is 2.52 bits per heavy atom. The summed E-state index contributed by atoms with van der Waals surface area (Å²) in [4.78, 5) is 12.8. The molecule has 1 aromatic heterocycles. The van der Waals surface area contributed by atoms with Gasteiger partial charge >= 0.3 is 6.01 Å². The molecule has 1 heterocycles. The Balaban J connectivity index is 1.85. The van der Waals surface area contributed by atoms with Crippen LogP contribution in [0.5, 0.6) is 11.8 Å². The van der Waals surface area contributed by atoms with Crippen molar-refractivity contribution in [3.63, 3.8) is 0 Å². The highest BCUT2D eigenvalue weighted by atomic mass is 16.5. The van der Waals surface area contributed by atoms with E-state index in [2.05, 4.69) is 20.3 Å². The van der Waals surface area contributed by atoms with Gasteiger partial charge in [-0.3, -0.25) is 0 Å². The molecule has 1 fully saturated rings. The van der Waals surface area contributed by atoms with E-state index in [1.807, 2.05) is 31.2 Å². The number of anilines is 1. The average molecular weight is 286 g/mol. The summed E-state index contributed by atoms with van der Waals surface area (Å²) < 4.78 is 10.9. The lowest BCUT2D eigenvalue weighted by molar-refractivity contribution is 0.303. The molecule has 0 bridgehead atoms. The molecule has 0 amide bonds. The molecule has 1 aliphatic carbocycles. The smallest absolute Gasteiger partial charge is 0.321 e. The van der Waals surface area contributed by atoms with E-state index in [4.69, 9.17) is 9.47 Å². The first-order valence-electron chi connectivity index (χ1n) is 7.09. The molecule has 1 aliphatic rings. The molecule has 3 rings (SSSR count). The first-order chi connectivity index (χ1) is 10.3. The molecule has 110 valence electrons. The summed E-state index contributed by atoms with van der Waals surface area (Å²) in [5.41, 5.74) is 0.901. The van der Waals surface area contributed by atoms with Crippen LogP contribution in [-0.4, -0.2) is 34.7 Å². The lowest BCUT2D eigenvalue weighted by Crippen LogP contribution is -2.06. The summed E-state index contributed by atoms with van der Waals surface area (Å²) in [5, 5.41) is 3.07. The van der Waals surface area contributed by atoms with E-state index in [-0.39, 0.29) is 0 Å². The van der Waals surface area contributed by atoms with E-state index in [0.717, 1.165) is 30.7 Å². The van der Waals surface area contributed by atoms with E-state index in [9.17, 15) is 0 Å². The van der Waals surface area contributed by atoms with Crippen LogP contribution in [0.25, 0.3) is 11.4 Å². The monoisotopic (exact) mass is 286 g/mol. The fourth-order valence-corrected chi connectivity index (χ4v) is 1.87. The van der Waals surface area contributed by atoms with E-state index in [1.165, 1.54) is 0 Å². The first-order valence-corrected chi connectivity index (χ1v) is 7.09. The first kappa shape index (κ1) is 13.6. The Labute approximate surface area is 123 Å². The number of rotatable bonds is 6. The second-order valence-corrected chi connectivity index (χ2v) is 4.84. The van der Waals surface area contributed by atoms with E-state index in [1.54, 1.807) is 7.11 Å². The van der Waals surface area contributed by atoms with Crippen molar-refractivity contribution < 1.29 is 9.47 Å². The summed E-state index contributed by atoms with van der Waals surface area (Å²) >= 11 is 0. The average Bonchev–Trinajstić information content (AvgIpc) is 3.32. The molecule has 2 aromatic rings. The van der Waals surface area contributed by atoms with Gasteiger partial charge in [-0.25, -0.2) is 0 Å². The summed E-state index contributed by atoms with van der Waals surface area (Å²) in [6.07, 6.45) is 2.70. The fourth-order valence-electron chi connectivity index (χ4n) is 1.87. The van der Waals surface area contributed by atoms with Gasteiger partial charge in [-0.05, 0) is 44.0 Å². The van der Waals surface area contributed by atoms with E-state index < -0.39 is 0 Å². The highest BCUT2D eigenvalue weighted by Crippen LogP contribution is 2.28. The maximum absolute atomic E-state index is 5.73. The maximum atomic E-state index is 5.73. The second kappa shape index (κ2) is 5.95. The minimum absolute atomic E-state index is 0.300. The quantitative estimate of drug-likeness (QED) is 0.880. The van der Waals surface area contributed by atoms with Crippen LogP contribution in [0.3, 0.4) is 0 Å². The molecular formula is C15H18N4O2. The second-order valence-electron chi connectivity index (χ2n) is 4.84. The molecule has 6 nitrogen and oxygen atoms in total. The van der Waals surface area contributed by atoms with Crippen LogP contribution < -0.4 is 14.8 Å². The number of hydrogen-bond acceptors (Lipinski definition) is 6. The van der Waals surface area contributed by atoms with Crippen LogP contribution in [0.4, 0.5) is 5.95 Å². The van der Waals surface area contributed by atoms with Gasteiger partial charge in [-0.1, -0.05) is 0 Å². The molecule has 6 heteroatoms. The Bertz CT molecular complexity index is 612. The van der Waals surface area contributed by atoms with Gasteiger partial charge in [0.2, 0.25) is 5.95 Å². The third-order valence-electron chi connectivity index (χ3n) is 3.07. The summed E-state index contributed by atoms with van der Waals surface area (Å²) in [6, 6.07) is 8.08. The van der Waals surface area contributed by atoms with Crippen molar-refractivity contribution in [2.24, 2.45) is 0 Å². The highest BCUT2D eigenvalue weighted by Gasteiger charge is 2.23. The number of hydrogen-bond donors (Lipinski definition) is 1. The number of ether oxygens (including phenoxy) is 2. The van der Waals surface area contributed by atoms with Gasteiger partial charge < -0.3 is 14.8 Å². The van der Waals surface area contributed by atoms with Gasteiger partial charge in [0.1, 0.15) is 5.75 Å². The van der Waals surface area contributed by atoms with Crippen LogP contribution in [-0.2, 0) is 0 Å². The van der Waals surface area contributed by atoms with Gasteiger partial charge in [0, 0.05) is 12.1 Å². The molecule has 1 saturated carbocycles. The van der Waals surface area contributed by atoms with Crippen LogP contribution in [0.2, 0.25) is 0 Å². The Morgan fingerprint density at radius 1 is 1.14 bits per heavy atom. The molecule has 0 spiro atoms. The predicted molar refractivity (Wildman–Crippen MR) is 79.6 cm³/mol. The van der Waals surface area contributed by atoms with Gasteiger partial charge in [-0.2, -0.15) is 15.0 Å². The zero-order valence-electron chi connectivity index (χ0n) is 12.2. The number of nitrogens with zero attached hydrogens (tertiary/aromatic N) is 3. The van der Waals surface area contributed by atoms with Gasteiger partial charge in [0.15, 0.2) is 5.82 Å². The lowest BCUT2D eigenvalue weighted by atomic mass is 10.2. The van der Waals surface area contributed by atoms with Crippen molar-refractivity contribution in [1.29, 1.82) is 0 Å². The SMILES string of the molecule is CCNc1nc(OC)nc(-c2ccc(OC3CC3)cc2)n1. The number of methoxy groups -OCH3 is 1. The summed E-state index contributed by atoms with van der Waals surface area (Å²) in [7, 11) is 1.54. The standard InChI is InChI=1S/C15H18N4O2/c1-3-16-14-17-13(18-15(19-14)20-2)10-4-6-11(7-5-10)21-12-8-9-12/h4-7,12H,3,8-9H2,1-2H3,(H,16,17,18,19). The third-order valence-corrected chi connectivity index (χ3v) is 3.07. The van der Waals surface area contributed by atoms with Gasteiger partial charge in [-0.15, -0.1) is 0 Å². The minimum atomic E-state index is 0.300. The molecule has 21 heavy (non-hydrogen) atoms. The fraction of sp³-hybridized carbons (Fsp3) is 0.400. The summed E-state index contributed by atoms with van der Waals surface area (Å²) in [5.74, 6) is 1.97. The minimum Gasteiger partial charge on any atom is -0.490 e. The molecule has 1 N–H and O–H groups in total. The van der Waals surface area contributed by atoms with Crippen molar-refractivity contribution in [2.75, 3.05) is 19.0 Å². The normalized spacial score (nSPS) is 13.8. The Kier molecular flexibility index (Phi) is 3.85. The topological polar surface area (TPSA) is 69.2 Å². The van der Waals surface area contributed by atoms with Crippen LogP contribution in [0.15, 0.2) is 24.3 Å². The molecule has 0 saturated heterocycles. The van der Waals surface area contributed by atoms with Crippen molar-refractivity contribution in [3.05, 3.63) is 24.3 Å². The van der Waals surface area contributed by atoms with Crippen LogP contribution >= 0.6 is 0 Å². The number of benzene rings is 1. The largest absolute Gasteiger partial charge is 0.490 e. The van der Waals surface area contributed by atoms with E-state index in [0.29, 0.717) is 23.9 Å². The molecule has 0 unspecified atom stereocenters. The lowest BCUT2D eigenvalue weighted by Gasteiger charge is -2.08. The van der Waals surface area contributed by atoms with Crippen LogP contribution in [0.1, 0.15) is 19.8 Å². The predicted octanol–water partition coefficient (Wildman–Crippen LogP) is 2.52.